The number of hydrogen-bond donors (Lipinski definition) is 2. The minimum atomic E-state index is -0.729. The Kier molecular flexibility index (Phi) is 3.72. The van der Waals surface area contributed by atoms with Crippen molar-refractivity contribution in [3.05, 3.63) is 34.5 Å². The summed E-state index contributed by atoms with van der Waals surface area (Å²) in [6.07, 6.45) is 6.04. The molecule has 0 fully saturated rings. The Labute approximate surface area is 124 Å². The van der Waals surface area contributed by atoms with Gasteiger partial charge in [0.25, 0.3) is 0 Å². The molecule has 1 aliphatic carbocycles. The topological polar surface area (TPSA) is 68.1 Å². The van der Waals surface area contributed by atoms with Gasteiger partial charge in [-0.1, -0.05) is 6.42 Å². The average molecular weight is 286 g/mol. The van der Waals surface area contributed by atoms with E-state index in [1.54, 1.807) is 0 Å². The van der Waals surface area contributed by atoms with E-state index in [2.05, 4.69) is 17.1 Å². The molecule has 1 heterocycles. The van der Waals surface area contributed by atoms with Crippen LogP contribution in [0.4, 0.5) is 0 Å². The van der Waals surface area contributed by atoms with Crippen molar-refractivity contribution in [1.82, 2.24) is 4.98 Å². The van der Waals surface area contributed by atoms with Crippen molar-refractivity contribution in [2.45, 2.75) is 45.1 Å². The van der Waals surface area contributed by atoms with E-state index in [1.165, 1.54) is 37.5 Å². The van der Waals surface area contributed by atoms with Gasteiger partial charge in [-0.05, 0) is 55.9 Å². The molecule has 1 aromatic heterocycles. The lowest BCUT2D eigenvalue weighted by Crippen LogP contribution is -2.23. The smallest absolute Gasteiger partial charge is 0.327 e. The van der Waals surface area contributed by atoms with E-state index in [0.717, 1.165) is 35.0 Å². The highest BCUT2D eigenvalue weighted by molar-refractivity contribution is 5.91. The maximum absolute atomic E-state index is 11.8. The summed E-state index contributed by atoms with van der Waals surface area (Å²) < 4.78 is 4.79. The number of esters is 1. The van der Waals surface area contributed by atoms with Crippen LogP contribution in [0.15, 0.2) is 12.1 Å². The molecule has 1 unspecified atom stereocenters. The van der Waals surface area contributed by atoms with Crippen molar-refractivity contribution in [3.63, 3.8) is 0 Å². The van der Waals surface area contributed by atoms with Gasteiger partial charge in [-0.15, -0.1) is 0 Å². The lowest BCUT2D eigenvalue weighted by molar-refractivity contribution is -0.142. The number of benzene rings is 1. The van der Waals surface area contributed by atoms with Crippen LogP contribution in [0.1, 0.15) is 47.7 Å². The second-order valence-corrected chi connectivity index (χ2v) is 5.89. The van der Waals surface area contributed by atoms with E-state index in [0.29, 0.717) is 0 Å². The van der Waals surface area contributed by atoms with Crippen molar-refractivity contribution < 1.29 is 9.53 Å². The maximum Gasteiger partial charge on any atom is 0.327 e. The first-order valence-corrected chi connectivity index (χ1v) is 7.59. The lowest BCUT2D eigenvalue weighted by Gasteiger charge is -2.11. The van der Waals surface area contributed by atoms with Gasteiger partial charge in [0, 0.05) is 22.2 Å². The highest BCUT2D eigenvalue weighted by atomic mass is 16.5. The summed E-state index contributed by atoms with van der Waals surface area (Å²) in [5.41, 5.74) is 11.8. The number of aromatic amines is 1. The Hall–Kier alpha value is -1.81. The zero-order valence-electron chi connectivity index (χ0n) is 12.7. The van der Waals surface area contributed by atoms with E-state index < -0.39 is 12.0 Å². The molecule has 4 nitrogen and oxygen atoms in total. The summed E-state index contributed by atoms with van der Waals surface area (Å²) in [7, 11) is 1.37. The van der Waals surface area contributed by atoms with Gasteiger partial charge in [-0.2, -0.15) is 0 Å². The van der Waals surface area contributed by atoms with Gasteiger partial charge in [0.1, 0.15) is 6.04 Å². The van der Waals surface area contributed by atoms with Crippen LogP contribution in [-0.2, 0) is 22.4 Å². The average Bonchev–Trinajstić information content (AvgIpc) is 2.64. The summed E-state index contributed by atoms with van der Waals surface area (Å²) in [6, 6.07) is 3.72. The molecule has 0 aliphatic heterocycles. The highest BCUT2D eigenvalue weighted by Crippen LogP contribution is 2.32. The maximum atomic E-state index is 11.8. The molecular formula is C17H22N2O2. The number of carbonyl (C=O) groups is 1. The molecule has 1 aliphatic rings. The fourth-order valence-electron chi connectivity index (χ4n) is 3.41. The van der Waals surface area contributed by atoms with Crippen molar-refractivity contribution in [1.29, 1.82) is 0 Å². The van der Waals surface area contributed by atoms with Gasteiger partial charge in [-0.3, -0.25) is 4.79 Å². The number of carbonyl (C=O) groups excluding carboxylic acids is 1. The Morgan fingerprint density at radius 3 is 2.57 bits per heavy atom. The number of ether oxygens (including phenoxy) is 1. The Morgan fingerprint density at radius 2 is 1.90 bits per heavy atom. The van der Waals surface area contributed by atoms with E-state index in [9.17, 15) is 4.79 Å². The first-order valence-electron chi connectivity index (χ1n) is 7.59. The van der Waals surface area contributed by atoms with Crippen molar-refractivity contribution in [2.24, 2.45) is 5.73 Å². The van der Waals surface area contributed by atoms with Gasteiger partial charge in [0.2, 0.25) is 0 Å². The molecule has 112 valence electrons. The van der Waals surface area contributed by atoms with Crippen LogP contribution >= 0.6 is 0 Å². The van der Waals surface area contributed by atoms with Gasteiger partial charge < -0.3 is 15.5 Å². The third-order valence-electron chi connectivity index (χ3n) is 4.51. The van der Waals surface area contributed by atoms with Crippen LogP contribution in [0.25, 0.3) is 10.9 Å². The van der Waals surface area contributed by atoms with E-state index in [1.807, 2.05) is 6.92 Å². The second kappa shape index (κ2) is 5.53. The van der Waals surface area contributed by atoms with Crippen LogP contribution in [-0.4, -0.2) is 18.1 Å². The summed E-state index contributed by atoms with van der Waals surface area (Å²) in [5, 5.41) is 1.06. The summed E-state index contributed by atoms with van der Waals surface area (Å²) in [5.74, 6) is -0.394. The number of nitrogens with one attached hydrogen (secondary N) is 1. The zero-order chi connectivity index (χ0) is 15.0. The summed E-state index contributed by atoms with van der Waals surface area (Å²) in [6.45, 7) is 1.96. The van der Waals surface area contributed by atoms with E-state index >= 15 is 0 Å². The lowest BCUT2D eigenvalue weighted by atomic mass is 9.97. The molecule has 3 N–H and O–H groups in total. The fraction of sp³-hybridized carbons (Fsp3) is 0.471. The molecule has 4 heteroatoms. The Balaban J connectivity index is 2.15. The molecule has 21 heavy (non-hydrogen) atoms. The van der Waals surface area contributed by atoms with Crippen molar-refractivity contribution in [3.8, 4) is 0 Å². The van der Waals surface area contributed by atoms with E-state index in [4.69, 9.17) is 10.5 Å². The summed E-state index contributed by atoms with van der Waals surface area (Å²) >= 11 is 0. The molecule has 2 aromatic rings. The second-order valence-electron chi connectivity index (χ2n) is 5.89. The normalized spacial score (nSPS) is 16.3. The van der Waals surface area contributed by atoms with Gasteiger partial charge in [0.15, 0.2) is 0 Å². The SMILES string of the molecule is COC(=O)C(N)c1c(C)[nH]c2cc3c(cc12)CCCCC3. The highest BCUT2D eigenvalue weighted by Gasteiger charge is 2.23. The first-order chi connectivity index (χ1) is 10.1. The summed E-state index contributed by atoms with van der Waals surface area (Å²) in [4.78, 5) is 15.2. The van der Waals surface area contributed by atoms with Gasteiger partial charge >= 0.3 is 5.97 Å². The van der Waals surface area contributed by atoms with Crippen LogP contribution < -0.4 is 5.73 Å². The molecule has 0 saturated heterocycles. The number of nitrogens with two attached hydrogens (primary N) is 1. The van der Waals surface area contributed by atoms with Gasteiger partial charge in [0.05, 0.1) is 7.11 Å². The Morgan fingerprint density at radius 1 is 1.24 bits per heavy atom. The van der Waals surface area contributed by atoms with E-state index in [-0.39, 0.29) is 0 Å². The number of hydrogen-bond acceptors (Lipinski definition) is 3. The van der Waals surface area contributed by atoms with Crippen molar-refractivity contribution in [2.75, 3.05) is 7.11 Å². The molecular weight excluding hydrogens is 264 g/mol. The predicted molar refractivity (Wildman–Crippen MR) is 83.2 cm³/mol. The van der Waals surface area contributed by atoms with Crippen molar-refractivity contribution >= 4 is 16.9 Å². The number of H-pyrrole nitrogens is 1. The largest absolute Gasteiger partial charge is 0.468 e. The van der Waals surface area contributed by atoms with Crippen LogP contribution in [0.3, 0.4) is 0 Å². The predicted octanol–water partition coefficient (Wildman–Crippen LogP) is 2.92. The number of methoxy groups -OCH3 is 1. The zero-order valence-corrected chi connectivity index (χ0v) is 12.7. The quantitative estimate of drug-likeness (QED) is 0.659. The molecule has 0 radical (unpaired) electrons. The molecule has 1 aromatic carbocycles. The molecule has 0 saturated carbocycles. The minimum Gasteiger partial charge on any atom is -0.468 e. The molecule has 0 amide bonds. The monoisotopic (exact) mass is 286 g/mol. The molecule has 0 bridgehead atoms. The minimum absolute atomic E-state index is 0.394. The molecule has 1 atom stereocenters. The third kappa shape index (κ3) is 2.44. The molecule has 3 rings (SSSR count). The number of aromatic nitrogens is 1. The number of rotatable bonds is 2. The van der Waals surface area contributed by atoms with Crippen LogP contribution in [0.2, 0.25) is 0 Å². The number of fused-ring (bicyclic) bond motifs is 2. The third-order valence-corrected chi connectivity index (χ3v) is 4.51. The number of aryl methyl sites for hydroxylation is 3. The molecule has 0 spiro atoms. The Bertz CT molecular complexity index is 688. The van der Waals surface area contributed by atoms with Crippen LogP contribution in [0, 0.1) is 6.92 Å². The van der Waals surface area contributed by atoms with Gasteiger partial charge in [-0.25, -0.2) is 0 Å². The first kappa shape index (κ1) is 14.1. The standard InChI is InChI=1S/C17H22N2O2/c1-10-15(16(18)17(20)21-2)13-8-11-6-4-3-5-7-12(11)9-14(13)19-10/h8-9,16,19H,3-7,18H2,1-2H3. The fourth-order valence-corrected chi connectivity index (χ4v) is 3.41. The van der Waals surface area contributed by atoms with Crippen LogP contribution in [0.5, 0.6) is 0 Å².